The molecule has 3 rings (SSSR count). The molecule has 2 aromatic carbocycles. The normalized spacial score (nSPS) is 10.4. The van der Waals surface area contributed by atoms with E-state index < -0.39 is 5.56 Å². The molecule has 0 unspecified atom stereocenters. The third kappa shape index (κ3) is 2.69. The van der Waals surface area contributed by atoms with Crippen LogP contribution in [-0.2, 0) is 7.05 Å². The fourth-order valence-electron chi connectivity index (χ4n) is 2.10. The van der Waals surface area contributed by atoms with E-state index in [1.165, 1.54) is 4.57 Å². The standard InChI is InChI=1S/C17H14N2O3/c1-19-16(18-11-15(20)17(19)21)12-7-9-14(10-8-12)22-13-5-3-2-4-6-13/h2-11,20H,1H3. The molecule has 3 aromatic rings. The van der Waals surface area contributed by atoms with Crippen molar-refractivity contribution in [1.29, 1.82) is 0 Å². The lowest BCUT2D eigenvalue weighted by atomic mass is 10.2. The summed E-state index contributed by atoms with van der Waals surface area (Å²) in [7, 11) is 1.57. The molecule has 0 aliphatic heterocycles. The minimum Gasteiger partial charge on any atom is -0.502 e. The highest BCUT2D eigenvalue weighted by molar-refractivity contribution is 5.57. The van der Waals surface area contributed by atoms with Gasteiger partial charge in [0, 0.05) is 12.6 Å². The Kier molecular flexibility index (Phi) is 3.62. The summed E-state index contributed by atoms with van der Waals surface area (Å²) in [4.78, 5) is 15.8. The summed E-state index contributed by atoms with van der Waals surface area (Å²) in [6.45, 7) is 0. The molecule has 0 aliphatic rings. The van der Waals surface area contributed by atoms with Crippen LogP contribution >= 0.6 is 0 Å². The van der Waals surface area contributed by atoms with Gasteiger partial charge in [-0.2, -0.15) is 0 Å². The zero-order valence-corrected chi connectivity index (χ0v) is 11.9. The van der Waals surface area contributed by atoms with E-state index in [0.29, 0.717) is 11.6 Å². The highest BCUT2D eigenvalue weighted by atomic mass is 16.5. The molecule has 0 bridgehead atoms. The Morgan fingerprint density at radius 3 is 2.32 bits per heavy atom. The Labute approximate surface area is 127 Å². The third-order valence-electron chi connectivity index (χ3n) is 3.24. The van der Waals surface area contributed by atoms with Gasteiger partial charge in [-0.25, -0.2) is 4.98 Å². The quantitative estimate of drug-likeness (QED) is 0.806. The predicted octanol–water partition coefficient (Wildman–Crippen LogP) is 2.95. The van der Waals surface area contributed by atoms with Crippen LogP contribution in [0, 0.1) is 0 Å². The number of hydrogen-bond donors (Lipinski definition) is 1. The van der Waals surface area contributed by atoms with Gasteiger partial charge in [0.05, 0.1) is 6.20 Å². The van der Waals surface area contributed by atoms with E-state index in [4.69, 9.17) is 4.74 Å². The number of benzene rings is 2. The van der Waals surface area contributed by atoms with Gasteiger partial charge in [0.1, 0.15) is 17.3 Å². The molecule has 0 spiro atoms. The van der Waals surface area contributed by atoms with Crippen LogP contribution in [0.2, 0.25) is 0 Å². The number of para-hydroxylation sites is 1. The van der Waals surface area contributed by atoms with Gasteiger partial charge >= 0.3 is 0 Å². The first-order valence-corrected chi connectivity index (χ1v) is 6.73. The van der Waals surface area contributed by atoms with Crippen molar-refractivity contribution in [2.24, 2.45) is 7.05 Å². The Balaban J connectivity index is 1.89. The molecule has 5 heteroatoms. The molecule has 1 heterocycles. The van der Waals surface area contributed by atoms with Crippen LogP contribution in [0.3, 0.4) is 0 Å². The molecule has 0 atom stereocenters. The SMILES string of the molecule is Cn1c(-c2ccc(Oc3ccccc3)cc2)ncc(O)c1=O. The van der Waals surface area contributed by atoms with Crippen molar-refractivity contribution in [2.45, 2.75) is 0 Å². The van der Waals surface area contributed by atoms with Crippen molar-refractivity contribution in [3.8, 4) is 28.6 Å². The zero-order chi connectivity index (χ0) is 15.5. The van der Waals surface area contributed by atoms with Crippen LogP contribution < -0.4 is 10.3 Å². The molecular formula is C17H14N2O3. The van der Waals surface area contributed by atoms with E-state index >= 15 is 0 Å². The summed E-state index contributed by atoms with van der Waals surface area (Å²) >= 11 is 0. The van der Waals surface area contributed by atoms with Crippen LogP contribution in [0.5, 0.6) is 17.2 Å². The maximum Gasteiger partial charge on any atom is 0.295 e. The highest BCUT2D eigenvalue weighted by Crippen LogP contribution is 2.24. The maximum atomic E-state index is 11.7. The average molecular weight is 294 g/mol. The van der Waals surface area contributed by atoms with Crippen LogP contribution in [0.1, 0.15) is 0 Å². The summed E-state index contributed by atoms with van der Waals surface area (Å²) < 4.78 is 7.02. The van der Waals surface area contributed by atoms with Crippen LogP contribution in [0.4, 0.5) is 0 Å². The fraction of sp³-hybridized carbons (Fsp3) is 0.0588. The molecular weight excluding hydrogens is 280 g/mol. The van der Waals surface area contributed by atoms with Gasteiger partial charge in [-0.05, 0) is 36.4 Å². The molecule has 0 fully saturated rings. The van der Waals surface area contributed by atoms with E-state index in [9.17, 15) is 9.90 Å². The summed E-state index contributed by atoms with van der Waals surface area (Å²) in [5, 5.41) is 9.36. The number of aromatic nitrogens is 2. The molecule has 0 radical (unpaired) electrons. The molecule has 110 valence electrons. The molecule has 0 saturated heterocycles. The van der Waals surface area contributed by atoms with Crippen molar-refractivity contribution in [3.05, 3.63) is 71.1 Å². The predicted molar refractivity (Wildman–Crippen MR) is 83.1 cm³/mol. The Morgan fingerprint density at radius 2 is 1.64 bits per heavy atom. The largest absolute Gasteiger partial charge is 0.502 e. The summed E-state index contributed by atoms with van der Waals surface area (Å²) in [6.07, 6.45) is 1.16. The molecule has 0 saturated carbocycles. The second-order valence-corrected chi connectivity index (χ2v) is 4.77. The van der Waals surface area contributed by atoms with E-state index in [-0.39, 0.29) is 5.75 Å². The Hall–Kier alpha value is -3.08. The van der Waals surface area contributed by atoms with Crippen molar-refractivity contribution in [3.63, 3.8) is 0 Å². The molecule has 1 N–H and O–H groups in total. The molecule has 1 aromatic heterocycles. The first-order valence-electron chi connectivity index (χ1n) is 6.73. The topological polar surface area (TPSA) is 64.3 Å². The first-order chi connectivity index (χ1) is 10.6. The second kappa shape index (κ2) is 5.73. The smallest absolute Gasteiger partial charge is 0.295 e. The van der Waals surface area contributed by atoms with Crippen LogP contribution in [-0.4, -0.2) is 14.7 Å². The second-order valence-electron chi connectivity index (χ2n) is 4.77. The van der Waals surface area contributed by atoms with Gasteiger partial charge in [0.2, 0.25) is 0 Å². The van der Waals surface area contributed by atoms with E-state index in [2.05, 4.69) is 4.98 Å². The summed E-state index contributed by atoms with van der Waals surface area (Å²) in [5.74, 6) is 1.56. The third-order valence-corrected chi connectivity index (χ3v) is 3.24. The van der Waals surface area contributed by atoms with Crippen molar-refractivity contribution >= 4 is 0 Å². The Bertz CT molecular complexity index is 840. The van der Waals surface area contributed by atoms with Gasteiger partial charge < -0.3 is 9.84 Å². The number of hydrogen-bond acceptors (Lipinski definition) is 4. The maximum absolute atomic E-state index is 11.7. The monoisotopic (exact) mass is 294 g/mol. The zero-order valence-electron chi connectivity index (χ0n) is 11.9. The van der Waals surface area contributed by atoms with Gasteiger partial charge in [-0.1, -0.05) is 18.2 Å². The van der Waals surface area contributed by atoms with Gasteiger partial charge in [-0.3, -0.25) is 9.36 Å². The number of nitrogens with zero attached hydrogens (tertiary/aromatic N) is 2. The van der Waals surface area contributed by atoms with Crippen LogP contribution in [0.25, 0.3) is 11.4 Å². The average Bonchev–Trinajstić information content (AvgIpc) is 2.55. The first kappa shape index (κ1) is 13.9. The van der Waals surface area contributed by atoms with Gasteiger partial charge in [0.15, 0.2) is 5.75 Å². The lowest BCUT2D eigenvalue weighted by molar-refractivity contribution is 0.457. The fourth-order valence-corrected chi connectivity index (χ4v) is 2.10. The molecule has 0 aliphatic carbocycles. The lowest BCUT2D eigenvalue weighted by Gasteiger charge is -2.09. The van der Waals surface area contributed by atoms with Gasteiger partial charge in [-0.15, -0.1) is 0 Å². The minimum atomic E-state index is -0.477. The lowest BCUT2D eigenvalue weighted by Crippen LogP contribution is -2.18. The van der Waals surface area contributed by atoms with Crippen LogP contribution in [0.15, 0.2) is 65.6 Å². The molecule has 5 nitrogen and oxygen atoms in total. The summed E-state index contributed by atoms with van der Waals surface area (Å²) in [5.41, 5.74) is 0.287. The number of ether oxygens (including phenoxy) is 1. The van der Waals surface area contributed by atoms with Crippen molar-refractivity contribution in [1.82, 2.24) is 9.55 Å². The highest BCUT2D eigenvalue weighted by Gasteiger charge is 2.08. The van der Waals surface area contributed by atoms with Crippen molar-refractivity contribution in [2.75, 3.05) is 0 Å². The van der Waals surface area contributed by atoms with E-state index in [0.717, 1.165) is 17.5 Å². The summed E-state index contributed by atoms with van der Waals surface area (Å²) in [6, 6.07) is 16.7. The molecule has 0 amide bonds. The number of aromatic hydroxyl groups is 1. The Morgan fingerprint density at radius 1 is 1.00 bits per heavy atom. The minimum absolute atomic E-state index is 0.365. The van der Waals surface area contributed by atoms with Crippen molar-refractivity contribution < 1.29 is 9.84 Å². The van der Waals surface area contributed by atoms with E-state index in [1.54, 1.807) is 19.2 Å². The van der Waals surface area contributed by atoms with Gasteiger partial charge in [0.25, 0.3) is 5.56 Å². The number of rotatable bonds is 3. The van der Waals surface area contributed by atoms with E-state index in [1.807, 2.05) is 42.5 Å². The molecule has 22 heavy (non-hydrogen) atoms.